The topological polar surface area (TPSA) is 38.3 Å². The Bertz CT molecular complexity index is 647. The molecule has 22 heavy (non-hydrogen) atoms. The van der Waals surface area contributed by atoms with Gasteiger partial charge >= 0.3 is 0 Å². The Kier molecular flexibility index (Phi) is 5.21. The molecule has 116 valence electrons. The van der Waals surface area contributed by atoms with E-state index in [9.17, 15) is 4.79 Å². The van der Waals surface area contributed by atoms with Crippen LogP contribution in [0.3, 0.4) is 0 Å². The van der Waals surface area contributed by atoms with E-state index in [1.54, 1.807) is 0 Å². The summed E-state index contributed by atoms with van der Waals surface area (Å²) in [5.41, 5.74) is 4.45. The van der Waals surface area contributed by atoms with Crippen LogP contribution in [0.1, 0.15) is 35.2 Å². The molecule has 0 bridgehead atoms. The van der Waals surface area contributed by atoms with Crippen molar-refractivity contribution >= 4 is 5.91 Å². The van der Waals surface area contributed by atoms with Gasteiger partial charge in [-0.25, -0.2) is 0 Å². The van der Waals surface area contributed by atoms with E-state index in [1.165, 1.54) is 5.56 Å². The monoisotopic (exact) mass is 297 g/mol. The van der Waals surface area contributed by atoms with Crippen molar-refractivity contribution in [2.24, 2.45) is 0 Å². The standard InChI is InChI=1S/C19H23NO2/c1-13-6-9-17(10-7-13)16(4)20-19(21)12-22-18-11-14(2)5-8-15(18)3/h5-11,16H,12H2,1-4H3,(H,20,21)/t16-/m0/s1. The fourth-order valence-electron chi connectivity index (χ4n) is 2.23. The van der Waals surface area contributed by atoms with Gasteiger partial charge in [0.05, 0.1) is 6.04 Å². The predicted octanol–water partition coefficient (Wildman–Crippen LogP) is 3.87. The second kappa shape index (κ2) is 7.12. The summed E-state index contributed by atoms with van der Waals surface area (Å²) in [6.07, 6.45) is 0. The van der Waals surface area contributed by atoms with Crippen molar-refractivity contribution in [1.29, 1.82) is 0 Å². The van der Waals surface area contributed by atoms with Gasteiger partial charge < -0.3 is 10.1 Å². The van der Waals surface area contributed by atoms with E-state index in [0.717, 1.165) is 22.4 Å². The molecular formula is C19H23NO2. The number of carbonyl (C=O) groups excluding carboxylic acids is 1. The van der Waals surface area contributed by atoms with Gasteiger partial charge in [0.2, 0.25) is 0 Å². The van der Waals surface area contributed by atoms with Crippen LogP contribution >= 0.6 is 0 Å². The molecule has 0 radical (unpaired) electrons. The highest BCUT2D eigenvalue weighted by molar-refractivity contribution is 5.78. The number of benzene rings is 2. The van der Waals surface area contributed by atoms with Crippen LogP contribution in [0.25, 0.3) is 0 Å². The minimum atomic E-state index is -0.117. The fraction of sp³-hybridized carbons (Fsp3) is 0.316. The maximum absolute atomic E-state index is 12.0. The van der Waals surface area contributed by atoms with Gasteiger partial charge in [-0.2, -0.15) is 0 Å². The van der Waals surface area contributed by atoms with Crippen LogP contribution in [-0.4, -0.2) is 12.5 Å². The van der Waals surface area contributed by atoms with Crippen molar-refractivity contribution in [2.45, 2.75) is 33.7 Å². The van der Waals surface area contributed by atoms with Gasteiger partial charge in [-0.15, -0.1) is 0 Å². The Morgan fingerprint density at radius 1 is 1.05 bits per heavy atom. The van der Waals surface area contributed by atoms with Crippen molar-refractivity contribution in [3.63, 3.8) is 0 Å². The first-order chi connectivity index (χ1) is 10.5. The lowest BCUT2D eigenvalue weighted by atomic mass is 10.1. The molecule has 1 N–H and O–H groups in total. The number of hydrogen-bond acceptors (Lipinski definition) is 2. The second-order valence-corrected chi connectivity index (χ2v) is 5.76. The zero-order valence-electron chi connectivity index (χ0n) is 13.6. The van der Waals surface area contributed by atoms with E-state index in [0.29, 0.717) is 0 Å². The van der Waals surface area contributed by atoms with E-state index < -0.39 is 0 Å². The molecule has 0 saturated carbocycles. The maximum Gasteiger partial charge on any atom is 0.258 e. The molecular weight excluding hydrogens is 274 g/mol. The smallest absolute Gasteiger partial charge is 0.258 e. The summed E-state index contributed by atoms with van der Waals surface area (Å²) >= 11 is 0. The normalized spacial score (nSPS) is 11.8. The molecule has 3 heteroatoms. The number of carbonyl (C=O) groups is 1. The van der Waals surface area contributed by atoms with Crippen LogP contribution in [0.4, 0.5) is 0 Å². The molecule has 0 saturated heterocycles. The van der Waals surface area contributed by atoms with E-state index in [-0.39, 0.29) is 18.6 Å². The summed E-state index contributed by atoms with van der Waals surface area (Å²) in [6, 6.07) is 14.1. The summed E-state index contributed by atoms with van der Waals surface area (Å²) in [5.74, 6) is 0.645. The van der Waals surface area contributed by atoms with E-state index in [2.05, 4.69) is 5.32 Å². The minimum Gasteiger partial charge on any atom is -0.483 e. The highest BCUT2D eigenvalue weighted by Gasteiger charge is 2.10. The van der Waals surface area contributed by atoms with E-state index >= 15 is 0 Å². The number of amides is 1. The summed E-state index contributed by atoms with van der Waals surface area (Å²) in [7, 11) is 0. The van der Waals surface area contributed by atoms with E-state index in [1.807, 2.05) is 70.2 Å². The lowest BCUT2D eigenvalue weighted by molar-refractivity contribution is -0.123. The molecule has 0 aliphatic rings. The number of rotatable bonds is 5. The van der Waals surface area contributed by atoms with Crippen molar-refractivity contribution in [3.8, 4) is 5.75 Å². The number of hydrogen-bond donors (Lipinski definition) is 1. The van der Waals surface area contributed by atoms with Crippen LogP contribution in [0.5, 0.6) is 5.75 Å². The van der Waals surface area contributed by atoms with Crippen molar-refractivity contribution in [3.05, 3.63) is 64.7 Å². The summed E-state index contributed by atoms with van der Waals surface area (Å²) < 4.78 is 5.62. The van der Waals surface area contributed by atoms with Gasteiger partial charge in [-0.3, -0.25) is 4.79 Å². The number of aryl methyl sites for hydroxylation is 3. The Morgan fingerprint density at radius 2 is 1.68 bits per heavy atom. The Morgan fingerprint density at radius 3 is 2.36 bits per heavy atom. The average Bonchev–Trinajstić information content (AvgIpc) is 2.49. The summed E-state index contributed by atoms with van der Waals surface area (Å²) in [6.45, 7) is 8.03. The first-order valence-corrected chi connectivity index (χ1v) is 7.51. The molecule has 2 aromatic carbocycles. The Balaban J connectivity index is 1.90. The quantitative estimate of drug-likeness (QED) is 0.910. The zero-order chi connectivity index (χ0) is 16.1. The van der Waals surface area contributed by atoms with Gasteiger partial charge in [0.1, 0.15) is 5.75 Å². The van der Waals surface area contributed by atoms with Crippen molar-refractivity contribution < 1.29 is 9.53 Å². The minimum absolute atomic E-state index is 0.0283. The lowest BCUT2D eigenvalue weighted by Gasteiger charge is -2.15. The van der Waals surface area contributed by atoms with Gasteiger partial charge in [-0.1, -0.05) is 42.0 Å². The third-order valence-electron chi connectivity index (χ3n) is 3.66. The van der Waals surface area contributed by atoms with E-state index in [4.69, 9.17) is 4.74 Å². The SMILES string of the molecule is Cc1ccc([C@H](C)NC(=O)COc2cc(C)ccc2C)cc1. The largest absolute Gasteiger partial charge is 0.483 e. The average molecular weight is 297 g/mol. The second-order valence-electron chi connectivity index (χ2n) is 5.76. The van der Waals surface area contributed by atoms with Crippen LogP contribution in [0, 0.1) is 20.8 Å². The highest BCUT2D eigenvalue weighted by atomic mass is 16.5. The zero-order valence-corrected chi connectivity index (χ0v) is 13.6. The summed E-state index contributed by atoms with van der Waals surface area (Å²) in [4.78, 5) is 12.0. The molecule has 2 rings (SSSR count). The predicted molar refractivity (Wildman–Crippen MR) is 89.1 cm³/mol. The van der Waals surface area contributed by atoms with Crippen LogP contribution in [0.15, 0.2) is 42.5 Å². The van der Waals surface area contributed by atoms with Gasteiger partial charge in [0.25, 0.3) is 5.91 Å². The van der Waals surface area contributed by atoms with Gasteiger partial charge in [-0.05, 0) is 50.5 Å². The van der Waals surface area contributed by atoms with Gasteiger partial charge in [0, 0.05) is 0 Å². The molecule has 1 atom stereocenters. The molecule has 0 fully saturated rings. The first kappa shape index (κ1) is 16.1. The maximum atomic E-state index is 12.0. The summed E-state index contributed by atoms with van der Waals surface area (Å²) in [5, 5.41) is 2.96. The molecule has 0 spiro atoms. The third-order valence-corrected chi connectivity index (χ3v) is 3.66. The molecule has 0 unspecified atom stereocenters. The molecule has 0 aliphatic heterocycles. The molecule has 3 nitrogen and oxygen atoms in total. The fourth-order valence-corrected chi connectivity index (χ4v) is 2.23. The van der Waals surface area contributed by atoms with Gasteiger partial charge in [0.15, 0.2) is 6.61 Å². The molecule has 0 aliphatic carbocycles. The number of ether oxygens (including phenoxy) is 1. The molecule has 0 heterocycles. The van der Waals surface area contributed by atoms with Crippen molar-refractivity contribution in [2.75, 3.05) is 6.61 Å². The molecule has 1 amide bonds. The highest BCUT2D eigenvalue weighted by Crippen LogP contribution is 2.19. The van der Waals surface area contributed by atoms with Crippen molar-refractivity contribution in [1.82, 2.24) is 5.32 Å². The third kappa shape index (κ3) is 4.35. The Hall–Kier alpha value is -2.29. The molecule has 0 aromatic heterocycles. The van der Waals surface area contributed by atoms with Crippen LogP contribution < -0.4 is 10.1 Å². The molecule has 2 aromatic rings. The number of nitrogens with one attached hydrogen (secondary N) is 1. The lowest BCUT2D eigenvalue weighted by Crippen LogP contribution is -2.31. The van der Waals surface area contributed by atoms with Crippen LogP contribution in [-0.2, 0) is 4.79 Å². The Labute approximate surface area is 132 Å². The van der Waals surface area contributed by atoms with Crippen LogP contribution in [0.2, 0.25) is 0 Å². The first-order valence-electron chi connectivity index (χ1n) is 7.51.